The molecule has 1 aromatic carbocycles. The van der Waals surface area contributed by atoms with Gasteiger partial charge in [-0.15, -0.1) is 11.6 Å². The van der Waals surface area contributed by atoms with Gasteiger partial charge in [-0.05, 0) is 19.4 Å². The Labute approximate surface area is 118 Å². The van der Waals surface area contributed by atoms with Gasteiger partial charge in [-0.3, -0.25) is 0 Å². The van der Waals surface area contributed by atoms with Crippen molar-refractivity contribution in [3.63, 3.8) is 0 Å². The third kappa shape index (κ3) is 3.55. The predicted octanol–water partition coefficient (Wildman–Crippen LogP) is 2.93. The van der Waals surface area contributed by atoms with E-state index >= 15 is 0 Å². The first-order chi connectivity index (χ1) is 9.22. The summed E-state index contributed by atoms with van der Waals surface area (Å²) in [6, 6.07) is 10.6. The summed E-state index contributed by atoms with van der Waals surface area (Å²) >= 11 is 6.04. The van der Waals surface area contributed by atoms with Crippen molar-refractivity contribution < 1.29 is 0 Å². The van der Waals surface area contributed by atoms with E-state index in [9.17, 15) is 0 Å². The van der Waals surface area contributed by atoms with Gasteiger partial charge < -0.3 is 5.32 Å². The van der Waals surface area contributed by atoms with Gasteiger partial charge in [0.1, 0.15) is 12.2 Å². The molecule has 1 heterocycles. The molecule has 4 nitrogen and oxygen atoms in total. The van der Waals surface area contributed by atoms with Crippen molar-refractivity contribution >= 4 is 11.6 Å². The lowest BCUT2D eigenvalue weighted by atomic mass is 10.1. The van der Waals surface area contributed by atoms with Crippen LogP contribution in [0.1, 0.15) is 37.3 Å². The molecule has 2 aromatic rings. The van der Waals surface area contributed by atoms with Crippen molar-refractivity contribution in [2.24, 2.45) is 0 Å². The second kappa shape index (κ2) is 6.68. The first-order valence-corrected chi connectivity index (χ1v) is 6.98. The quantitative estimate of drug-likeness (QED) is 0.826. The number of hydrogen-bond acceptors (Lipinski definition) is 3. The van der Waals surface area contributed by atoms with Crippen LogP contribution in [0, 0.1) is 0 Å². The molecule has 0 saturated carbocycles. The van der Waals surface area contributed by atoms with E-state index in [1.165, 1.54) is 5.56 Å². The maximum atomic E-state index is 6.04. The first-order valence-electron chi connectivity index (χ1n) is 6.45. The van der Waals surface area contributed by atoms with Crippen LogP contribution in [0.4, 0.5) is 0 Å². The molecule has 1 N–H and O–H groups in total. The van der Waals surface area contributed by atoms with Gasteiger partial charge in [0.25, 0.3) is 0 Å². The summed E-state index contributed by atoms with van der Waals surface area (Å²) in [5.41, 5.74) is 1.19. The highest BCUT2D eigenvalue weighted by molar-refractivity contribution is 6.18. The zero-order chi connectivity index (χ0) is 13.7. The molecule has 0 spiro atoms. The molecule has 102 valence electrons. The fourth-order valence-electron chi connectivity index (χ4n) is 1.99. The Morgan fingerprint density at radius 1 is 1.26 bits per heavy atom. The summed E-state index contributed by atoms with van der Waals surface area (Å²) in [7, 11) is 0. The molecular weight excluding hydrogens is 260 g/mol. The van der Waals surface area contributed by atoms with Gasteiger partial charge in [0.15, 0.2) is 0 Å². The minimum atomic E-state index is 0.125. The standard InChI is InChI=1S/C14H19ClN4/c1-11(2)19-14(17-10-18-19)9-16-13(8-15)12-6-4-3-5-7-12/h3-7,10-11,13,16H,8-9H2,1-2H3. The number of nitrogens with zero attached hydrogens (tertiary/aromatic N) is 3. The van der Waals surface area contributed by atoms with Crippen LogP contribution in [-0.4, -0.2) is 20.6 Å². The van der Waals surface area contributed by atoms with Crippen LogP contribution < -0.4 is 5.32 Å². The molecule has 0 radical (unpaired) electrons. The summed E-state index contributed by atoms with van der Waals surface area (Å²) < 4.78 is 1.92. The van der Waals surface area contributed by atoms with Crippen molar-refractivity contribution in [2.45, 2.75) is 32.5 Å². The molecule has 1 aromatic heterocycles. The average molecular weight is 279 g/mol. The van der Waals surface area contributed by atoms with Crippen LogP contribution in [0.2, 0.25) is 0 Å². The Morgan fingerprint density at radius 2 is 2.00 bits per heavy atom. The number of alkyl halides is 1. The van der Waals surface area contributed by atoms with Crippen molar-refractivity contribution in [3.8, 4) is 0 Å². The van der Waals surface area contributed by atoms with Crippen LogP contribution >= 0.6 is 11.6 Å². The zero-order valence-electron chi connectivity index (χ0n) is 11.3. The van der Waals surface area contributed by atoms with E-state index in [1.54, 1.807) is 6.33 Å². The van der Waals surface area contributed by atoms with Gasteiger partial charge in [-0.2, -0.15) is 5.10 Å². The molecule has 0 aliphatic carbocycles. The van der Waals surface area contributed by atoms with Gasteiger partial charge in [0.05, 0.1) is 6.54 Å². The highest BCUT2D eigenvalue weighted by atomic mass is 35.5. The number of rotatable bonds is 6. The second-order valence-corrected chi connectivity index (χ2v) is 5.02. The third-order valence-electron chi connectivity index (χ3n) is 3.00. The van der Waals surface area contributed by atoms with Gasteiger partial charge in [-0.1, -0.05) is 30.3 Å². The minimum absolute atomic E-state index is 0.125. The summed E-state index contributed by atoms with van der Waals surface area (Å²) in [6.45, 7) is 4.84. The van der Waals surface area contributed by atoms with E-state index in [0.29, 0.717) is 18.5 Å². The van der Waals surface area contributed by atoms with Crippen molar-refractivity contribution in [2.75, 3.05) is 5.88 Å². The van der Waals surface area contributed by atoms with Crippen LogP contribution in [0.5, 0.6) is 0 Å². The van der Waals surface area contributed by atoms with Gasteiger partial charge in [0, 0.05) is 18.0 Å². The summed E-state index contributed by atoms with van der Waals surface area (Å²) in [5.74, 6) is 1.46. The van der Waals surface area contributed by atoms with Gasteiger partial charge in [0.2, 0.25) is 0 Å². The number of aromatic nitrogens is 3. The fourth-order valence-corrected chi connectivity index (χ4v) is 2.28. The lowest BCUT2D eigenvalue weighted by molar-refractivity contribution is 0.475. The maximum absolute atomic E-state index is 6.04. The Kier molecular flexibility index (Phi) is 4.93. The molecular formula is C14H19ClN4. The molecule has 0 aliphatic rings. The van der Waals surface area contributed by atoms with Gasteiger partial charge in [-0.25, -0.2) is 9.67 Å². The number of benzene rings is 1. The molecule has 0 saturated heterocycles. The lowest BCUT2D eigenvalue weighted by Crippen LogP contribution is -2.24. The van der Waals surface area contributed by atoms with Crippen LogP contribution in [-0.2, 0) is 6.54 Å². The van der Waals surface area contributed by atoms with E-state index in [4.69, 9.17) is 11.6 Å². The highest BCUT2D eigenvalue weighted by Crippen LogP contribution is 2.15. The molecule has 2 rings (SSSR count). The van der Waals surface area contributed by atoms with E-state index in [-0.39, 0.29) is 6.04 Å². The van der Waals surface area contributed by atoms with E-state index in [2.05, 4.69) is 41.4 Å². The summed E-state index contributed by atoms with van der Waals surface area (Å²) in [6.07, 6.45) is 1.59. The maximum Gasteiger partial charge on any atom is 0.141 e. The monoisotopic (exact) mass is 278 g/mol. The summed E-state index contributed by atoms with van der Waals surface area (Å²) in [4.78, 5) is 4.28. The normalized spacial score (nSPS) is 12.8. The minimum Gasteiger partial charge on any atom is -0.302 e. The Balaban J connectivity index is 2.02. The molecule has 0 amide bonds. The second-order valence-electron chi connectivity index (χ2n) is 4.71. The average Bonchev–Trinajstić information content (AvgIpc) is 2.89. The van der Waals surface area contributed by atoms with Crippen molar-refractivity contribution in [3.05, 3.63) is 48.0 Å². The molecule has 1 unspecified atom stereocenters. The smallest absolute Gasteiger partial charge is 0.141 e. The molecule has 5 heteroatoms. The highest BCUT2D eigenvalue weighted by Gasteiger charge is 2.12. The molecule has 1 atom stereocenters. The topological polar surface area (TPSA) is 42.7 Å². The largest absolute Gasteiger partial charge is 0.302 e. The number of halogens is 1. The van der Waals surface area contributed by atoms with Crippen LogP contribution in [0.3, 0.4) is 0 Å². The Morgan fingerprint density at radius 3 is 2.63 bits per heavy atom. The summed E-state index contributed by atoms with van der Waals surface area (Å²) in [5, 5.41) is 7.65. The van der Waals surface area contributed by atoms with E-state index in [0.717, 1.165) is 5.82 Å². The van der Waals surface area contributed by atoms with Crippen LogP contribution in [0.25, 0.3) is 0 Å². The van der Waals surface area contributed by atoms with E-state index < -0.39 is 0 Å². The lowest BCUT2D eigenvalue weighted by Gasteiger charge is -2.17. The Hall–Kier alpha value is -1.39. The van der Waals surface area contributed by atoms with E-state index in [1.807, 2.05) is 22.9 Å². The molecule has 0 bridgehead atoms. The molecule has 0 fully saturated rings. The SMILES string of the molecule is CC(C)n1ncnc1CNC(CCl)c1ccccc1. The fraction of sp³-hybridized carbons (Fsp3) is 0.429. The first kappa shape index (κ1) is 14.0. The predicted molar refractivity (Wildman–Crippen MR) is 77.1 cm³/mol. The zero-order valence-corrected chi connectivity index (χ0v) is 12.0. The Bertz CT molecular complexity index is 495. The number of hydrogen-bond donors (Lipinski definition) is 1. The van der Waals surface area contributed by atoms with Crippen molar-refractivity contribution in [1.82, 2.24) is 20.1 Å². The third-order valence-corrected chi connectivity index (χ3v) is 3.31. The molecule has 19 heavy (non-hydrogen) atoms. The van der Waals surface area contributed by atoms with Gasteiger partial charge >= 0.3 is 0 Å². The van der Waals surface area contributed by atoms with Crippen molar-refractivity contribution in [1.29, 1.82) is 0 Å². The van der Waals surface area contributed by atoms with Crippen LogP contribution in [0.15, 0.2) is 36.7 Å². The number of nitrogens with one attached hydrogen (secondary N) is 1. The molecule has 0 aliphatic heterocycles.